The van der Waals surface area contributed by atoms with Crippen molar-refractivity contribution in [3.05, 3.63) is 66.4 Å². The average Bonchev–Trinajstić information content (AvgIpc) is 3.52. The molecule has 0 amide bonds. The van der Waals surface area contributed by atoms with Gasteiger partial charge in [-0.15, -0.1) is 11.3 Å². The fourth-order valence-corrected chi connectivity index (χ4v) is 5.80. The SMILES string of the molecule is COc1cc2cc(-c3cnc4ccc(-c5ccc(CN6CCN(C)CC6)cc5)nn34)sc2cc1OC. The second-order valence-electron chi connectivity index (χ2n) is 9.26. The standard InChI is InChI=1S/C28H29N5O2S/c1-31-10-12-32(13-11-31)18-19-4-6-20(7-5-19)22-8-9-28-29-17-23(33(28)30-22)27-15-21-14-24(34-2)25(35-3)16-26(21)36-27/h4-9,14-17H,10-13,18H2,1-3H3. The molecule has 1 fully saturated rings. The maximum absolute atomic E-state index is 5.48. The number of imidazole rings is 1. The van der Waals surface area contributed by atoms with Gasteiger partial charge in [-0.3, -0.25) is 4.90 Å². The fraction of sp³-hybridized carbons (Fsp3) is 0.286. The van der Waals surface area contributed by atoms with E-state index in [1.54, 1.807) is 25.6 Å². The molecular weight excluding hydrogens is 470 g/mol. The van der Waals surface area contributed by atoms with E-state index in [0.717, 1.165) is 81.8 Å². The fourth-order valence-electron chi connectivity index (χ4n) is 4.73. The van der Waals surface area contributed by atoms with E-state index in [4.69, 9.17) is 14.6 Å². The van der Waals surface area contributed by atoms with E-state index in [1.165, 1.54) is 5.56 Å². The Labute approximate surface area is 214 Å². The zero-order chi connectivity index (χ0) is 24.6. The highest BCUT2D eigenvalue weighted by molar-refractivity contribution is 7.22. The van der Waals surface area contributed by atoms with Crippen LogP contribution >= 0.6 is 11.3 Å². The number of thiophene rings is 1. The largest absolute Gasteiger partial charge is 0.493 e. The summed E-state index contributed by atoms with van der Waals surface area (Å²) in [6.45, 7) is 5.51. The maximum atomic E-state index is 5.48. The predicted octanol–water partition coefficient (Wildman–Crippen LogP) is 5.04. The lowest BCUT2D eigenvalue weighted by atomic mass is 10.1. The number of aromatic nitrogens is 3. The van der Waals surface area contributed by atoms with Crippen LogP contribution in [0.1, 0.15) is 5.56 Å². The van der Waals surface area contributed by atoms with Crippen molar-refractivity contribution >= 4 is 27.1 Å². The Bertz CT molecular complexity index is 1480. The third-order valence-corrected chi connectivity index (χ3v) is 8.01. The summed E-state index contributed by atoms with van der Waals surface area (Å²) in [7, 11) is 5.51. The molecule has 0 unspecified atom stereocenters. The molecule has 5 aromatic rings. The molecule has 0 radical (unpaired) electrons. The zero-order valence-corrected chi connectivity index (χ0v) is 21.6. The smallest absolute Gasteiger partial charge is 0.162 e. The number of likely N-dealkylation sites (N-methyl/N-ethyl adjacent to an activating group) is 1. The number of piperazine rings is 1. The van der Waals surface area contributed by atoms with Crippen LogP contribution < -0.4 is 9.47 Å². The minimum absolute atomic E-state index is 0.726. The second-order valence-corrected chi connectivity index (χ2v) is 10.3. The van der Waals surface area contributed by atoms with Gasteiger partial charge >= 0.3 is 0 Å². The van der Waals surface area contributed by atoms with E-state index >= 15 is 0 Å². The summed E-state index contributed by atoms with van der Waals surface area (Å²) in [6.07, 6.45) is 1.89. The van der Waals surface area contributed by atoms with Gasteiger partial charge < -0.3 is 14.4 Å². The summed E-state index contributed by atoms with van der Waals surface area (Å²) < 4.78 is 14.0. The van der Waals surface area contributed by atoms with E-state index in [0.29, 0.717) is 0 Å². The van der Waals surface area contributed by atoms with Crippen LogP contribution in [0.25, 0.3) is 37.6 Å². The van der Waals surface area contributed by atoms with Crippen LogP contribution in [0.15, 0.2) is 60.8 Å². The summed E-state index contributed by atoms with van der Waals surface area (Å²) in [5.41, 5.74) is 5.16. The first kappa shape index (κ1) is 23.0. The van der Waals surface area contributed by atoms with Crippen molar-refractivity contribution in [1.29, 1.82) is 0 Å². The van der Waals surface area contributed by atoms with Crippen molar-refractivity contribution in [2.75, 3.05) is 47.4 Å². The van der Waals surface area contributed by atoms with Gasteiger partial charge in [-0.05, 0) is 42.3 Å². The van der Waals surface area contributed by atoms with Crippen LogP contribution in [0, 0.1) is 0 Å². The molecule has 0 atom stereocenters. The van der Waals surface area contributed by atoms with Gasteiger partial charge in [0.15, 0.2) is 17.1 Å². The first-order chi connectivity index (χ1) is 17.6. The number of rotatable bonds is 6. The molecule has 1 saturated heterocycles. The van der Waals surface area contributed by atoms with Gasteiger partial charge in [0.25, 0.3) is 0 Å². The molecule has 184 valence electrons. The monoisotopic (exact) mass is 499 g/mol. The third kappa shape index (κ3) is 4.32. The molecule has 0 N–H and O–H groups in total. The Morgan fingerprint density at radius 2 is 1.64 bits per heavy atom. The van der Waals surface area contributed by atoms with E-state index in [2.05, 4.69) is 52.2 Å². The van der Waals surface area contributed by atoms with Gasteiger partial charge in [0, 0.05) is 49.1 Å². The van der Waals surface area contributed by atoms with Gasteiger partial charge in [0.05, 0.1) is 31.0 Å². The Morgan fingerprint density at radius 3 is 2.39 bits per heavy atom. The van der Waals surface area contributed by atoms with Crippen molar-refractivity contribution in [2.45, 2.75) is 6.54 Å². The van der Waals surface area contributed by atoms with Crippen LogP contribution in [0.5, 0.6) is 11.5 Å². The Balaban J connectivity index is 1.29. The molecule has 1 aliphatic rings. The minimum Gasteiger partial charge on any atom is -0.493 e. The molecule has 36 heavy (non-hydrogen) atoms. The number of hydrogen-bond acceptors (Lipinski definition) is 7. The van der Waals surface area contributed by atoms with Gasteiger partial charge in [-0.2, -0.15) is 5.10 Å². The highest BCUT2D eigenvalue weighted by Gasteiger charge is 2.16. The lowest BCUT2D eigenvalue weighted by Gasteiger charge is -2.32. The van der Waals surface area contributed by atoms with Crippen molar-refractivity contribution in [3.63, 3.8) is 0 Å². The molecule has 1 aliphatic heterocycles. The Kier molecular flexibility index (Phi) is 6.08. The number of fused-ring (bicyclic) bond motifs is 2. The molecule has 4 heterocycles. The molecule has 0 saturated carbocycles. The predicted molar refractivity (Wildman–Crippen MR) is 145 cm³/mol. The van der Waals surface area contributed by atoms with E-state index in [1.807, 2.05) is 35.0 Å². The van der Waals surface area contributed by atoms with Gasteiger partial charge in [-0.1, -0.05) is 24.3 Å². The summed E-state index contributed by atoms with van der Waals surface area (Å²) in [5.74, 6) is 1.46. The number of methoxy groups -OCH3 is 2. The van der Waals surface area contributed by atoms with E-state index in [9.17, 15) is 0 Å². The highest BCUT2D eigenvalue weighted by atomic mass is 32.1. The molecule has 6 rings (SSSR count). The first-order valence-electron chi connectivity index (χ1n) is 12.1. The normalized spacial score (nSPS) is 15.1. The number of nitrogens with zero attached hydrogens (tertiary/aromatic N) is 5. The molecule has 0 spiro atoms. The van der Waals surface area contributed by atoms with Crippen LogP contribution in [-0.4, -0.2) is 71.8 Å². The summed E-state index contributed by atoms with van der Waals surface area (Å²) in [4.78, 5) is 10.6. The molecule has 0 bridgehead atoms. The lowest BCUT2D eigenvalue weighted by Crippen LogP contribution is -2.43. The molecule has 7 nitrogen and oxygen atoms in total. The Hall–Kier alpha value is -3.46. The number of benzene rings is 2. The second kappa shape index (κ2) is 9.54. The van der Waals surface area contributed by atoms with Crippen LogP contribution in [-0.2, 0) is 6.54 Å². The van der Waals surface area contributed by atoms with Gasteiger partial charge in [0.2, 0.25) is 0 Å². The minimum atomic E-state index is 0.726. The molecule has 0 aliphatic carbocycles. The average molecular weight is 500 g/mol. The zero-order valence-electron chi connectivity index (χ0n) is 20.8. The van der Waals surface area contributed by atoms with Crippen LogP contribution in [0.3, 0.4) is 0 Å². The maximum Gasteiger partial charge on any atom is 0.162 e. The third-order valence-electron chi connectivity index (χ3n) is 6.89. The molecule has 3 aromatic heterocycles. The van der Waals surface area contributed by atoms with Gasteiger partial charge in [0.1, 0.15) is 5.69 Å². The van der Waals surface area contributed by atoms with Crippen LogP contribution in [0.4, 0.5) is 0 Å². The summed E-state index contributed by atoms with van der Waals surface area (Å²) in [5, 5.41) is 6.07. The van der Waals surface area contributed by atoms with Gasteiger partial charge in [-0.25, -0.2) is 9.50 Å². The van der Waals surface area contributed by atoms with E-state index < -0.39 is 0 Å². The molecule has 8 heteroatoms. The Morgan fingerprint density at radius 1 is 0.889 bits per heavy atom. The van der Waals surface area contributed by atoms with E-state index in [-0.39, 0.29) is 0 Å². The first-order valence-corrected chi connectivity index (χ1v) is 12.9. The molecule has 2 aromatic carbocycles. The number of ether oxygens (including phenoxy) is 2. The quantitative estimate of drug-likeness (QED) is 0.326. The molecular formula is C28H29N5O2S. The summed E-state index contributed by atoms with van der Waals surface area (Å²) >= 11 is 1.69. The lowest BCUT2D eigenvalue weighted by molar-refractivity contribution is 0.148. The topological polar surface area (TPSA) is 55.1 Å². The van der Waals surface area contributed by atoms with Crippen molar-refractivity contribution < 1.29 is 9.47 Å². The summed E-state index contributed by atoms with van der Waals surface area (Å²) in [6, 6.07) is 19.1. The van der Waals surface area contributed by atoms with Crippen molar-refractivity contribution in [2.24, 2.45) is 0 Å². The number of hydrogen-bond donors (Lipinski definition) is 0. The van der Waals surface area contributed by atoms with Crippen molar-refractivity contribution in [3.8, 4) is 33.3 Å². The van der Waals surface area contributed by atoms with Crippen LogP contribution in [0.2, 0.25) is 0 Å². The highest BCUT2D eigenvalue weighted by Crippen LogP contribution is 2.40. The van der Waals surface area contributed by atoms with Crippen molar-refractivity contribution in [1.82, 2.24) is 24.4 Å².